The van der Waals surface area contributed by atoms with Gasteiger partial charge in [-0.15, -0.1) is 0 Å². The standard InChI is InChI=1S/C15H22N2/c1-12-7-9-14(10-8-12)13(2)17-15-6-4-3-5-11-16-15/h7-10,13H,3-6,11H2,1-2H3,(H,16,17)/t13-/m1/s1. The van der Waals surface area contributed by atoms with Crippen molar-refractivity contribution in [2.45, 2.75) is 45.6 Å². The lowest BCUT2D eigenvalue weighted by Gasteiger charge is -2.17. The van der Waals surface area contributed by atoms with Gasteiger partial charge in [-0.2, -0.15) is 0 Å². The summed E-state index contributed by atoms with van der Waals surface area (Å²) in [5, 5.41) is 3.54. The molecule has 17 heavy (non-hydrogen) atoms. The lowest BCUT2D eigenvalue weighted by Crippen LogP contribution is -2.26. The summed E-state index contributed by atoms with van der Waals surface area (Å²) in [5.41, 5.74) is 2.65. The maximum Gasteiger partial charge on any atom is 0.0967 e. The van der Waals surface area contributed by atoms with Gasteiger partial charge in [-0.1, -0.05) is 36.2 Å². The van der Waals surface area contributed by atoms with Gasteiger partial charge in [0.25, 0.3) is 0 Å². The number of nitrogens with one attached hydrogen (secondary N) is 1. The predicted molar refractivity (Wildman–Crippen MR) is 73.5 cm³/mol. The largest absolute Gasteiger partial charge is 0.367 e. The van der Waals surface area contributed by atoms with Crippen LogP contribution in [0.2, 0.25) is 0 Å². The van der Waals surface area contributed by atoms with Crippen molar-refractivity contribution in [1.82, 2.24) is 5.32 Å². The Morgan fingerprint density at radius 1 is 1.12 bits per heavy atom. The van der Waals surface area contributed by atoms with Crippen molar-refractivity contribution in [3.05, 3.63) is 35.4 Å². The minimum atomic E-state index is 0.354. The topological polar surface area (TPSA) is 24.4 Å². The van der Waals surface area contributed by atoms with Crippen LogP contribution in [0.5, 0.6) is 0 Å². The molecular weight excluding hydrogens is 208 g/mol. The quantitative estimate of drug-likeness (QED) is 0.824. The summed E-state index contributed by atoms with van der Waals surface area (Å²) in [6, 6.07) is 9.09. The lowest BCUT2D eigenvalue weighted by atomic mass is 10.1. The molecule has 1 aliphatic rings. The van der Waals surface area contributed by atoms with Crippen LogP contribution in [-0.2, 0) is 0 Å². The van der Waals surface area contributed by atoms with Crippen molar-refractivity contribution in [1.29, 1.82) is 0 Å². The smallest absolute Gasteiger partial charge is 0.0967 e. The fraction of sp³-hybridized carbons (Fsp3) is 0.533. The van der Waals surface area contributed by atoms with Crippen LogP contribution in [0.15, 0.2) is 29.3 Å². The Morgan fingerprint density at radius 3 is 2.65 bits per heavy atom. The van der Waals surface area contributed by atoms with Gasteiger partial charge in [-0.25, -0.2) is 0 Å². The van der Waals surface area contributed by atoms with Crippen LogP contribution in [0.1, 0.15) is 49.8 Å². The Morgan fingerprint density at radius 2 is 1.88 bits per heavy atom. The summed E-state index contributed by atoms with van der Waals surface area (Å²) in [7, 11) is 0. The molecule has 0 radical (unpaired) electrons. The highest BCUT2D eigenvalue weighted by Crippen LogP contribution is 2.15. The maximum absolute atomic E-state index is 4.61. The monoisotopic (exact) mass is 230 g/mol. The van der Waals surface area contributed by atoms with Gasteiger partial charge in [0.15, 0.2) is 0 Å². The molecule has 0 spiro atoms. The van der Waals surface area contributed by atoms with E-state index in [0.29, 0.717) is 6.04 Å². The van der Waals surface area contributed by atoms with Crippen molar-refractivity contribution in [3.8, 4) is 0 Å². The van der Waals surface area contributed by atoms with Crippen molar-refractivity contribution in [2.24, 2.45) is 4.99 Å². The van der Waals surface area contributed by atoms with Gasteiger partial charge < -0.3 is 5.32 Å². The average Bonchev–Trinajstić information content (AvgIpc) is 2.58. The SMILES string of the molecule is Cc1ccc([C@@H](C)NC2=NCCCCC2)cc1. The molecule has 0 amide bonds. The van der Waals surface area contributed by atoms with Crippen molar-refractivity contribution < 1.29 is 0 Å². The minimum Gasteiger partial charge on any atom is -0.367 e. The zero-order valence-electron chi connectivity index (χ0n) is 10.9. The van der Waals surface area contributed by atoms with Crippen molar-refractivity contribution >= 4 is 5.84 Å². The van der Waals surface area contributed by atoms with Gasteiger partial charge in [0.1, 0.15) is 0 Å². The van der Waals surface area contributed by atoms with Crippen LogP contribution in [-0.4, -0.2) is 12.4 Å². The fourth-order valence-corrected chi connectivity index (χ4v) is 2.18. The summed E-state index contributed by atoms with van der Waals surface area (Å²) >= 11 is 0. The Kier molecular flexibility index (Phi) is 4.18. The highest BCUT2D eigenvalue weighted by Gasteiger charge is 2.09. The van der Waals surface area contributed by atoms with E-state index >= 15 is 0 Å². The van der Waals surface area contributed by atoms with Crippen LogP contribution < -0.4 is 5.32 Å². The maximum atomic E-state index is 4.61. The molecule has 2 rings (SSSR count). The molecular formula is C15H22N2. The van der Waals surface area contributed by atoms with Gasteiger partial charge >= 0.3 is 0 Å². The first kappa shape index (κ1) is 12.2. The molecule has 1 aliphatic heterocycles. The third-order valence-electron chi connectivity index (χ3n) is 3.33. The van der Waals surface area contributed by atoms with E-state index in [9.17, 15) is 0 Å². The van der Waals surface area contributed by atoms with Gasteiger partial charge in [0.2, 0.25) is 0 Å². The zero-order chi connectivity index (χ0) is 12.1. The molecule has 1 aromatic carbocycles. The third kappa shape index (κ3) is 3.58. The number of amidine groups is 1. The normalized spacial score (nSPS) is 18.1. The average molecular weight is 230 g/mol. The molecule has 0 bridgehead atoms. The predicted octanol–water partition coefficient (Wildman–Crippen LogP) is 3.62. The zero-order valence-corrected chi connectivity index (χ0v) is 10.9. The molecule has 0 aliphatic carbocycles. The first-order chi connectivity index (χ1) is 8.25. The Bertz CT molecular complexity index is 378. The van der Waals surface area contributed by atoms with E-state index in [1.165, 1.54) is 36.2 Å². The second-order valence-electron chi connectivity index (χ2n) is 4.92. The van der Waals surface area contributed by atoms with Crippen LogP contribution in [0.25, 0.3) is 0 Å². The molecule has 0 aromatic heterocycles. The van der Waals surface area contributed by atoms with Crippen LogP contribution in [0.3, 0.4) is 0 Å². The van der Waals surface area contributed by atoms with Gasteiger partial charge in [0.05, 0.1) is 5.84 Å². The van der Waals surface area contributed by atoms with E-state index in [2.05, 4.69) is 48.4 Å². The molecule has 0 saturated carbocycles. The van der Waals surface area contributed by atoms with Crippen molar-refractivity contribution in [3.63, 3.8) is 0 Å². The molecule has 1 heterocycles. The van der Waals surface area contributed by atoms with Gasteiger partial charge in [-0.05, 0) is 32.3 Å². The summed E-state index contributed by atoms with van der Waals surface area (Å²) in [6.07, 6.45) is 4.93. The molecule has 2 heteroatoms. The summed E-state index contributed by atoms with van der Waals surface area (Å²) < 4.78 is 0. The van der Waals surface area contributed by atoms with E-state index in [-0.39, 0.29) is 0 Å². The summed E-state index contributed by atoms with van der Waals surface area (Å²) in [5.74, 6) is 1.19. The van der Waals surface area contributed by atoms with Gasteiger partial charge in [0, 0.05) is 19.0 Å². The molecule has 0 unspecified atom stereocenters. The Balaban J connectivity index is 1.98. The number of aliphatic imine (C=N–C) groups is 1. The molecule has 0 saturated heterocycles. The number of aryl methyl sites for hydroxylation is 1. The van der Waals surface area contributed by atoms with E-state index in [1.807, 2.05) is 0 Å². The second-order valence-corrected chi connectivity index (χ2v) is 4.92. The number of benzene rings is 1. The number of rotatable bonds is 2. The van der Waals surface area contributed by atoms with Crippen molar-refractivity contribution in [2.75, 3.05) is 6.54 Å². The summed E-state index contributed by atoms with van der Waals surface area (Å²) in [6.45, 7) is 5.32. The van der Waals surface area contributed by atoms with Crippen LogP contribution in [0, 0.1) is 6.92 Å². The van der Waals surface area contributed by atoms with E-state index in [4.69, 9.17) is 0 Å². The molecule has 92 valence electrons. The fourth-order valence-electron chi connectivity index (χ4n) is 2.18. The number of hydrogen-bond acceptors (Lipinski definition) is 2. The molecule has 0 fully saturated rings. The first-order valence-corrected chi connectivity index (χ1v) is 6.62. The lowest BCUT2D eigenvalue weighted by molar-refractivity contribution is 0.693. The van der Waals surface area contributed by atoms with E-state index < -0.39 is 0 Å². The number of hydrogen-bond donors (Lipinski definition) is 1. The third-order valence-corrected chi connectivity index (χ3v) is 3.33. The highest BCUT2D eigenvalue weighted by atomic mass is 15.0. The van der Waals surface area contributed by atoms with Crippen LogP contribution >= 0.6 is 0 Å². The minimum absolute atomic E-state index is 0.354. The molecule has 2 nitrogen and oxygen atoms in total. The number of nitrogens with zero attached hydrogens (tertiary/aromatic N) is 1. The van der Waals surface area contributed by atoms with Gasteiger partial charge in [-0.3, -0.25) is 4.99 Å². The second kappa shape index (κ2) is 5.85. The van der Waals surface area contributed by atoms with E-state index in [1.54, 1.807) is 0 Å². The molecule has 1 atom stereocenters. The van der Waals surface area contributed by atoms with E-state index in [0.717, 1.165) is 13.0 Å². The summed E-state index contributed by atoms with van der Waals surface area (Å²) in [4.78, 5) is 4.61. The first-order valence-electron chi connectivity index (χ1n) is 6.62. The Labute approximate surface area is 104 Å². The Hall–Kier alpha value is -1.31. The van der Waals surface area contributed by atoms with Crippen LogP contribution in [0.4, 0.5) is 0 Å². The highest BCUT2D eigenvalue weighted by molar-refractivity contribution is 5.82. The molecule has 1 N–H and O–H groups in total. The molecule has 1 aromatic rings.